The van der Waals surface area contributed by atoms with E-state index < -0.39 is 0 Å². The van der Waals surface area contributed by atoms with Gasteiger partial charge in [-0.05, 0) is 14.0 Å². The van der Waals surface area contributed by atoms with E-state index in [4.69, 9.17) is 4.74 Å². The van der Waals surface area contributed by atoms with Gasteiger partial charge in [0.15, 0.2) is 0 Å². The standard InChI is InChI=1S/C9H15N3O/c1-7-3-11-12-5-8(4-10-2)6-13-9(7)12/h3,8,10H,4-6H2,1-2H3. The fourth-order valence-electron chi connectivity index (χ4n) is 1.69. The van der Waals surface area contributed by atoms with Gasteiger partial charge in [-0.15, -0.1) is 0 Å². The summed E-state index contributed by atoms with van der Waals surface area (Å²) >= 11 is 0. The quantitative estimate of drug-likeness (QED) is 0.718. The summed E-state index contributed by atoms with van der Waals surface area (Å²) < 4.78 is 7.57. The maximum atomic E-state index is 5.62. The van der Waals surface area contributed by atoms with Crippen molar-refractivity contribution in [3.05, 3.63) is 11.8 Å². The molecular formula is C9H15N3O. The van der Waals surface area contributed by atoms with Crippen LogP contribution in [-0.2, 0) is 6.54 Å². The lowest BCUT2D eigenvalue weighted by Crippen LogP contribution is -2.32. The Bertz CT molecular complexity index is 295. The Morgan fingerprint density at radius 2 is 2.62 bits per heavy atom. The first kappa shape index (κ1) is 8.56. The summed E-state index contributed by atoms with van der Waals surface area (Å²) in [6.45, 7) is 4.77. The van der Waals surface area contributed by atoms with Crippen molar-refractivity contribution in [3.63, 3.8) is 0 Å². The summed E-state index contributed by atoms with van der Waals surface area (Å²) in [5, 5.41) is 7.41. The summed E-state index contributed by atoms with van der Waals surface area (Å²) in [7, 11) is 1.96. The molecule has 0 fully saturated rings. The van der Waals surface area contributed by atoms with E-state index in [0.29, 0.717) is 5.92 Å². The van der Waals surface area contributed by atoms with Gasteiger partial charge in [0.05, 0.1) is 19.3 Å². The number of aryl methyl sites for hydroxylation is 1. The van der Waals surface area contributed by atoms with E-state index in [0.717, 1.165) is 31.1 Å². The van der Waals surface area contributed by atoms with Gasteiger partial charge in [-0.3, -0.25) is 0 Å². The topological polar surface area (TPSA) is 39.1 Å². The molecule has 0 amide bonds. The first-order valence-electron chi connectivity index (χ1n) is 4.61. The van der Waals surface area contributed by atoms with Gasteiger partial charge in [0.25, 0.3) is 0 Å². The molecular weight excluding hydrogens is 166 g/mol. The Morgan fingerprint density at radius 3 is 3.38 bits per heavy atom. The minimum atomic E-state index is 0.539. The maximum Gasteiger partial charge on any atom is 0.214 e. The third kappa shape index (κ3) is 1.54. The van der Waals surface area contributed by atoms with E-state index in [9.17, 15) is 0 Å². The minimum absolute atomic E-state index is 0.539. The van der Waals surface area contributed by atoms with Crippen LogP contribution in [0, 0.1) is 12.8 Å². The van der Waals surface area contributed by atoms with Gasteiger partial charge in [-0.25, -0.2) is 4.68 Å². The van der Waals surface area contributed by atoms with Crippen LogP contribution in [0.15, 0.2) is 6.20 Å². The SMILES string of the molecule is CNCC1COc2c(C)cnn2C1. The molecule has 1 unspecified atom stereocenters. The van der Waals surface area contributed by atoms with Crippen LogP contribution in [0.3, 0.4) is 0 Å². The van der Waals surface area contributed by atoms with Crippen LogP contribution < -0.4 is 10.1 Å². The maximum absolute atomic E-state index is 5.62. The number of aromatic nitrogens is 2. The van der Waals surface area contributed by atoms with Gasteiger partial charge in [0, 0.05) is 18.0 Å². The average Bonchev–Trinajstić information content (AvgIpc) is 2.48. The van der Waals surface area contributed by atoms with Crippen molar-refractivity contribution >= 4 is 0 Å². The smallest absolute Gasteiger partial charge is 0.214 e. The van der Waals surface area contributed by atoms with Gasteiger partial charge in [0.1, 0.15) is 0 Å². The van der Waals surface area contributed by atoms with E-state index in [2.05, 4.69) is 10.4 Å². The molecule has 1 aliphatic heterocycles. The Hall–Kier alpha value is -1.03. The molecule has 1 N–H and O–H groups in total. The van der Waals surface area contributed by atoms with E-state index in [1.165, 1.54) is 0 Å². The van der Waals surface area contributed by atoms with E-state index in [1.807, 2.05) is 24.9 Å². The van der Waals surface area contributed by atoms with Crippen LogP contribution in [0.4, 0.5) is 0 Å². The number of ether oxygens (including phenoxy) is 1. The molecule has 0 aromatic carbocycles. The molecule has 0 spiro atoms. The summed E-state index contributed by atoms with van der Waals surface area (Å²) in [4.78, 5) is 0. The Kier molecular flexibility index (Phi) is 2.22. The molecule has 1 aromatic rings. The molecule has 0 bridgehead atoms. The molecule has 0 aliphatic carbocycles. The van der Waals surface area contributed by atoms with Gasteiger partial charge in [0.2, 0.25) is 5.88 Å². The van der Waals surface area contributed by atoms with Crippen molar-refractivity contribution in [1.29, 1.82) is 0 Å². The number of hydrogen-bond acceptors (Lipinski definition) is 3. The van der Waals surface area contributed by atoms with Gasteiger partial charge >= 0.3 is 0 Å². The van der Waals surface area contributed by atoms with E-state index in [-0.39, 0.29) is 0 Å². The third-order valence-electron chi connectivity index (χ3n) is 2.34. The molecule has 4 heteroatoms. The van der Waals surface area contributed by atoms with Crippen molar-refractivity contribution in [1.82, 2.24) is 15.1 Å². The summed E-state index contributed by atoms with van der Waals surface area (Å²) in [5.74, 6) is 1.48. The Labute approximate surface area is 77.9 Å². The Balaban J connectivity index is 2.11. The highest BCUT2D eigenvalue weighted by atomic mass is 16.5. The lowest BCUT2D eigenvalue weighted by molar-refractivity contribution is 0.162. The predicted molar refractivity (Wildman–Crippen MR) is 49.9 cm³/mol. The second kappa shape index (κ2) is 3.38. The third-order valence-corrected chi connectivity index (χ3v) is 2.34. The molecule has 0 radical (unpaired) electrons. The number of rotatable bonds is 2. The number of nitrogens with one attached hydrogen (secondary N) is 1. The van der Waals surface area contributed by atoms with E-state index in [1.54, 1.807) is 0 Å². The zero-order chi connectivity index (χ0) is 9.26. The average molecular weight is 181 g/mol. The van der Waals surface area contributed by atoms with Crippen molar-refractivity contribution in [2.75, 3.05) is 20.2 Å². The van der Waals surface area contributed by atoms with Gasteiger partial charge in [-0.1, -0.05) is 0 Å². The molecule has 1 aromatic heterocycles. The molecule has 0 saturated heterocycles. The molecule has 1 atom stereocenters. The highest BCUT2D eigenvalue weighted by Gasteiger charge is 2.20. The fraction of sp³-hybridized carbons (Fsp3) is 0.667. The highest BCUT2D eigenvalue weighted by Crippen LogP contribution is 2.22. The molecule has 0 saturated carbocycles. The normalized spacial score (nSPS) is 20.9. The van der Waals surface area contributed by atoms with E-state index >= 15 is 0 Å². The monoisotopic (exact) mass is 181 g/mol. The zero-order valence-electron chi connectivity index (χ0n) is 8.08. The fourth-order valence-corrected chi connectivity index (χ4v) is 1.69. The van der Waals surface area contributed by atoms with Gasteiger partial charge in [-0.2, -0.15) is 5.10 Å². The molecule has 4 nitrogen and oxygen atoms in total. The summed E-state index contributed by atoms with van der Waals surface area (Å²) in [6.07, 6.45) is 1.86. The molecule has 13 heavy (non-hydrogen) atoms. The van der Waals surface area contributed by atoms with Crippen LogP contribution in [0.2, 0.25) is 0 Å². The predicted octanol–water partition coefficient (Wildman–Crippen LogP) is 0.420. The van der Waals surface area contributed by atoms with Crippen molar-refractivity contribution < 1.29 is 4.74 Å². The number of hydrogen-bond donors (Lipinski definition) is 1. The van der Waals surface area contributed by atoms with Crippen LogP contribution in [0.1, 0.15) is 5.56 Å². The summed E-state index contributed by atoms with van der Waals surface area (Å²) in [6, 6.07) is 0. The second-order valence-corrected chi connectivity index (χ2v) is 3.55. The second-order valence-electron chi connectivity index (χ2n) is 3.55. The highest BCUT2D eigenvalue weighted by molar-refractivity contribution is 5.23. The zero-order valence-corrected chi connectivity index (χ0v) is 8.08. The lowest BCUT2D eigenvalue weighted by atomic mass is 10.1. The van der Waals surface area contributed by atoms with Gasteiger partial charge < -0.3 is 10.1 Å². The Morgan fingerprint density at radius 1 is 1.77 bits per heavy atom. The molecule has 72 valence electrons. The lowest BCUT2D eigenvalue weighted by Gasteiger charge is -2.24. The van der Waals surface area contributed by atoms with Crippen molar-refractivity contribution in [2.24, 2.45) is 5.92 Å². The van der Waals surface area contributed by atoms with Crippen LogP contribution in [0.5, 0.6) is 5.88 Å². The molecule has 2 heterocycles. The van der Waals surface area contributed by atoms with Crippen molar-refractivity contribution in [2.45, 2.75) is 13.5 Å². The van der Waals surface area contributed by atoms with Crippen molar-refractivity contribution in [3.8, 4) is 5.88 Å². The van der Waals surface area contributed by atoms with Crippen LogP contribution in [-0.4, -0.2) is 30.0 Å². The first-order chi connectivity index (χ1) is 6.31. The molecule has 1 aliphatic rings. The summed E-state index contributed by atoms with van der Waals surface area (Å²) in [5.41, 5.74) is 1.13. The molecule has 2 rings (SSSR count). The minimum Gasteiger partial charge on any atom is -0.477 e. The van der Waals surface area contributed by atoms with Crippen LogP contribution in [0.25, 0.3) is 0 Å². The van der Waals surface area contributed by atoms with Crippen LogP contribution >= 0.6 is 0 Å². The number of nitrogens with zero attached hydrogens (tertiary/aromatic N) is 2. The largest absolute Gasteiger partial charge is 0.477 e. The first-order valence-corrected chi connectivity index (χ1v) is 4.61. The number of fused-ring (bicyclic) bond motifs is 1.